The fourth-order valence-electron chi connectivity index (χ4n) is 2.01. The van der Waals surface area contributed by atoms with Crippen LogP contribution < -0.4 is 0 Å². The lowest BCUT2D eigenvalue weighted by atomic mass is 10.1. The third-order valence-corrected chi connectivity index (χ3v) is 2.96. The molecule has 0 amide bonds. The molecular weight excluding hydrogens is 236 g/mol. The fourth-order valence-corrected chi connectivity index (χ4v) is 2.01. The first-order chi connectivity index (χ1) is 9.22. The summed E-state index contributed by atoms with van der Waals surface area (Å²) in [6, 6.07) is 12.1. The van der Waals surface area contributed by atoms with Crippen molar-refractivity contribution in [3.05, 3.63) is 53.7 Å². The second-order valence-electron chi connectivity index (χ2n) is 4.60. The minimum atomic E-state index is -0.0734. The predicted octanol–water partition coefficient (Wildman–Crippen LogP) is 3.62. The van der Waals surface area contributed by atoms with Crippen molar-refractivity contribution < 1.29 is 0 Å². The van der Waals surface area contributed by atoms with E-state index in [2.05, 4.69) is 39.3 Å². The number of aromatic nitrogens is 1. The van der Waals surface area contributed by atoms with E-state index in [0.717, 1.165) is 16.8 Å². The Hall–Kier alpha value is -2.36. The van der Waals surface area contributed by atoms with Gasteiger partial charge < -0.3 is 0 Å². The van der Waals surface area contributed by atoms with Crippen LogP contribution in [0.15, 0.2) is 57.8 Å². The maximum atomic E-state index is 4.40. The molecule has 0 radical (unpaired) electrons. The minimum Gasteiger partial charge on any atom is -0.256 e. The average Bonchev–Trinajstić information content (AvgIpc) is 2.86. The number of aliphatic imine (C=N–C) groups is 1. The SMILES string of the molecule is Cc1ccnc(-c2cccc(C3=NC(C)N=N3)c2)c1. The van der Waals surface area contributed by atoms with E-state index < -0.39 is 0 Å². The zero-order valence-electron chi connectivity index (χ0n) is 10.9. The van der Waals surface area contributed by atoms with Gasteiger partial charge >= 0.3 is 0 Å². The van der Waals surface area contributed by atoms with E-state index in [1.54, 1.807) is 0 Å². The van der Waals surface area contributed by atoms with Crippen LogP contribution in [0, 0.1) is 6.92 Å². The van der Waals surface area contributed by atoms with E-state index in [0.29, 0.717) is 5.84 Å². The van der Waals surface area contributed by atoms with Gasteiger partial charge in [-0.15, -0.1) is 5.11 Å². The summed E-state index contributed by atoms with van der Waals surface area (Å²) in [5, 5.41) is 8.11. The van der Waals surface area contributed by atoms with Gasteiger partial charge in [-0.3, -0.25) is 4.98 Å². The number of azo groups is 1. The molecule has 2 aromatic rings. The van der Waals surface area contributed by atoms with Gasteiger partial charge in [-0.1, -0.05) is 18.2 Å². The molecule has 4 nitrogen and oxygen atoms in total. The van der Waals surface area contributed by atoms with Crippen LogP contribution in [0.25, 0.3) is 11.3 Å². The van der Waals surface area contributed by atoms with E-state index in [1.165, 1.54) is 5.56 Å². The van der Waals surface area contributed by atoms with Gasteiger partial charge in [-0.25, -0.2) is 4.99 Å². The van der Waals surface area contributed by atoms with Crippen LogP contribution in [0.4, 0.5) is 0 Å². The van der Waals surface area contributed by atoms with Crippen LogP contribution in [0.3, 0.4) is 0 Å². The average molecular weight is 250 g/mol. The van der Waals surface area contributed by atoms with Crippen LogP contribution in [-0.4, -0.2) is 17.0 Å². The highest BCUT2D eigenvalue weighted by Crippen LogP contribution is 2.21. The Balaban J connectivity index is 2.01. The molecule has 0 saturated carbocycles. The number of hydrogen-bond donors (Lipinski definition) is 0. The Morgan fingerprint density at radius 2 is 1.89 bits per heavy atom. The van der Waals surface area contributed by atoms with Gasteiger partial charge in [0.1, 0.15) is 0 Å². The summed E-state index contributed by atoms with van der Waals surface area (Å²) in [5.74, 6) is 0.696. The van der Waals surface area contributed by atoms with E-state index in [1.807, 2.05) is 37.4 Å². The van der Waals surface area contributed by atoms with Crippen molar-refractivity contribution >= 4 is 5.84 Å². The van der Waals surface area contributed by atoms with Gasteiger partial charge in [0.15, 0.2) is 12.0 Å². The first-order valence-electron chi connectivity index (χ1n) is 6.24. The first-order valence-corrected chi connectivity index (χ1v) is 6.24. The molecule has 0 bridgehead atoms. The molecule has 94 valence electrons. The Kier molecular flexibility index (Phi) is 2.91. The molecule has 1 aromatic heterocycles. The summed E-state index contributed by atoms with van der Waals surface area (Å²) in [6.07, 6.45) is 1.75. The van der Waals surface area contributed by atoms with Crippen LogP contribution in [0.2, 0.25) is 0 Å². The lowest BCUT2D eigenvalue weighted by Crippen LogP contribution is -1.96. The summed E-state index contributed by atoms with van der Waals surface area (Å²) in [4.78, 5) is 8.77. The normalized spacial score (nSPS) is 17.6. The topological polar surface area (TPSA) is 50.0 Å². The van der Waals surface area contributed by atoms with Crippen molar-refractivity contribution in [1.82, 2.24) is 4.98 Å². The summed E-state index contributed by atoms with van der Waals surface area (Å²) in [5.41, 5.74) is 4.21. The fraction of sp³-hybridized carbons (Fsp3) is 0.200. The molecule has 0 aliphatic carbocycles. The Labute approximate surface area is 112 Å². The molecule has 1 aromatic carbocycles. The molecule has 4 heteroatoms. The quantitative estimate of drug-likeness (QED) is 0.803. The lowest BCUT2D eigenvalue weighted by molar-refractivity contribution is 0.788. The third kappa shape index (κ3) is 2.42. The summed E-state index contributed by atoms with van der Waals surface area (Å²) >= 11 is 0. The Bertz CT molecular complexity index is 673. The van der Waals surface area contributed by atoms with Crippen molar-refractivity contribution in [2.45, 2.75) is 20.0 Å². The third-order valence-electron chi connectivity index (χ3n) is 2.96. The highest BCUT2D eigenvalue weighted by atomic mass is 15.3. The van der Waals surface area contributed by atoms with Gasteiger partial charge in [-0.2, -0.15) is 5.11 Å². The van der Waals surface area contributed by atoms with Crippen molar-refractivity contribution in [3.8, 4) is 11.3 Å². The number of amidine groups is 1. The molecule has 0 fully saturated rings. The molecule has 1 aliphatic heterocycles. The Morgan fingerprint density at radius 3 is 2.63 bits per heavy atom. The number of aryl methyl sites for hydroxylation is 1. The van der Waals surface area contributed by atoms with Gasteiger partial charge in [0.05, 0.1) is 5.69 Å². The maximum Gasteiger partial charge on any atom is 0.179 e. The highest BCUT2D eigenvalue weighted by Gasteiger charge is 2.12. The maximum absolute atomic E-state index is 4.40. The number of nitrogens with zero attached hydrogens (tertiary/aromatic N) is 4. The molecular formula is C15H14N4. The molecule has 1 unspecified atom stereocenters. The molecule has 0 spiro atoms. The number of rotatable bonds is 2. The largest absolute Gasteiger partial charge is 0.256 e. The van der Waals surface area contributed by atoms with Crippen molar-refractivity contribution in [2.24, 2.45) is 15.2 Å². The molecule has 0 N–H and O–H groups in total. The number of hydrogen-bond acceptors (Lipinski definition) is 4. The summed E-state index contributed by atoms with van der Waals surface area (Å²) < 4.78 is 0. The van der Waals surface area contributed by atoms with E-state index in [4.69, 9.17) is 0 Å². The van der Waals surface area contributed by atoms with E-state index in [9.17, 15) is 0 Å². The molecule has 1 atom stereocenters. The zero-order valence-corrected chi connectivity index (χ0v) is 10.9. The molecule has 19 heavy (non-hydrogen) atoms. The highest BCUT2D eigenvalue weighted by molar-refractivity contribution is 6.00. The van der Waals surface area contributed by atoms with Crippen LogP contribution in [0.5, 0.6) is 0 Å². The standard InChI is InChI=1S/C15H14N4/c1-10-6-7-16-14(8-10)12-4-3-5-13(9-12)15-17-11(2)18-19-15/h3-9,11H,1-2H3. The molecule has 0 saturated heterocycles. The van der Waals surface area contributed by atoms with Gasteiger partial charge in [0.2, 0.25) is 0 Å². The second kappa shape index (κ2) is 4.72. The number of pyridine rings is 1. The molecule has 3 rings (SSSR count). The Morgan fingerprint density at radius 1 is 1.05 bits per heavy atom. The van der Waals surface area contributed by atoms with Crippen molar-refractivity contribution in [1.29, 1.82) is 0 Å². The first kappa shape index (κ1) is 11.7. The van der Waals surface area contributed by atoms with Gasteiger partial charge in [-0.05, 0) is 37.6 Å². The smallest absolute Gasteiger partial charge is 0.179 e. The van der Waals surface area contributed by atoms with E-state index in [-0.39, 0.29) is 6.17 Å². The predicted molar refractivity (Wildman–Crippen MR) is 75.3 cm³/mol. The van der Waals surface area contributed by atoms with Gasteiger partial charge in [0.25, 0.3) is 0 Å². The van der Waals surface area contributed by atoms with E-state index >= 15 is 0 Å². The minimum absolute atomic E-state index is 0.0734. The molecule has 2 heterocycles. The summed E-state index contributed by atoms with van der Waals surface area (Å²) in [7, 11) is 0. The van der Waals surface area contributed by atoms with Crippen molar-refractivity contribution in [2.75, 3.05) is 0 Å². The zero-order chi connectivity index (χ0) is 13.2. The van der Waals surface area contributed by atoms with Crippen LogP contribution >= 0.6 is 0 Å². The monoisotopic (exact) mass is 250 g/mol. The van der Waals surface area contributed by atoms with Crippen molar-refractivity contribution in [3.63, 3.8) is 0 Å². The lowest BCUT2D eigenvalue weighted by Gasteiger charge is -2.04. The van der Waals surface area contributed by atoms with Gasteiger partial charge in [0, 0.05) is 17.3 Å². The second-order valence-corrected chi connectivity index (χ2v) is 4.60. The van der Waals surface area contributed by atoms with Crippen LogP contribution in [-0.2, 0) is 0 Å². The van der Waals surface area contributed by atoms with Crippen LogP contribution in [0.1, 0.15) is 18.1 Å². The molecule has 1 aliphatic rings. The number of benzene rings is 1. The summed E-state index contributed by atoms with van der Waals surface area (Å²) in [6.45, 7) is 3.98.